The van der Waals surface area contributed by atoms with E-state index in [2.05, 4.69) is 33.1 Å². The molecule has 1 atom stereocenters. The maximum Gasteiger partial charge on any atom is 0.173 e. The summed E-state index contributed by atoms with van der Waals surface area (Å²) in [6.07, 6.45) is 1.70. The topological polar surface area (TPSA) is 37.6 Å². The first-order valence-corrected chi connectivity index (χ1v) is 6.80. The SMILES string of the molecule is CC(CN1CCOCC1)NCc1ccoc1Br. The zero-order valence-corrected chi connectivity index (χ0v) is 11.7. The van der Waals surface area contributed by atoms with E-state index in [-0.39, 0.29) is 0 Å². The molecule has 96 valence electrons. The number of furan rings is 1. The summed E-state index contributed by atoms with van der Waals surface area (Å²) in [6.45, 7) is 7.92. The van der Waals surface area contributed by atoms with Crippen LogP contribution in [0.3, 0.4) is 0 Å². The predicted molar refractivity (Wildman–Crippen MR) is 70.0 cm³/mol. The lowest BCUT2D eigenvalue weighted by Gasteiger charge is -2.29. The molecule has 4 nitrogen and oxygen atoms in total. The summed E-state index contributed by atoms with van der Waals surface area (Å²) in [4.78, 5) is 2.44. The number of hydrogen-bond donors (Lipinski definition) is 1. The Balaban J connectivity index is 1.70. The first-order valence-electron chi connectivity index (χ1n) is 6.01. The number of rotatable bonds is 5. The zero-order valence-electron chi connectivity index (χ0n) is 10.1. The lowest BCUT2D eigenvalue weighted by atomic mass is 10.2. The van der Waals surface area contributed by atoms with Crippen LogP contribution < -0.4 is 5.32 Å². The van der Waals surface area contributed by atoms with E-state index in [4.69, 9.17) is 9.15 Å². The number of ether oxygens (including phenoxy) is 1. The number of hydrogen-bond acceptors (Lipinski definition) is 4. The lowest BCUT2D eigenvalue weighted by Crippen LogP contribution is -2.44. The summed E-state index contributed by atoms with van der Waals surface area (Å²) in [5, 5.41) is 3.50. The van der Waals surface area contributed by atoms with E-state index in [0.29, 0.717) is 6.04 Å². The van der Waals surface area contributed by atoms with Crippen molar-refractivity contribution in [3.05, 3.63) is 22.6 Å². The average molecular weight is 303 g/mol. The van der Waals surface area contributed by atoms with Crippen molar-refractivity contribution in [3.63, 3.8) is 0 Å². The van der Waals surface area contributed by atoms with E-state index in [9.17, 15) is 0 Å². The van der Waals surface area contributed by atoms with Gasteiger partial charge in [-0.05, 0) is 28.9 Å². The molecule has 0 aliphatic carbocycles. The summed E-state index contributed by atoms with van der Waals surface area (Å²) >= 11 is 3.38. The Kier molecular flexibility index (Phi) is 5.03. The molecule has 1 fully saturated rings. The molecule has 17 heavy (non-hydrogen) atoms. The van der Waals surface area contributed by atoms with Crippen LogP contribution in [0.4, 0.5) is 0 Å². The third kappa shape index (κ3) is 4.10. The number of halogens is 1. The fourth-order valence-electron chi connectivity index (χ4n) is 1.97. The molecule has 1 aromatic rings. The van der Waals surface area contributed by atoms with Crippen LogP contribution in [0.5, 0.6) is 0 Å². The highest BCUT2D eigenvalue weighted by Gasteiger charge is 2.13. The van der Waals surface area contributed by atoms with Crippen LogP contribution in [0.25, 0.3) is 0 Å². The van der Waals surface area contributed by atoms with Gasteiger partial charge in [0.1, 0.15) is 0 Å². The molecule has 1 aliphatic heterocycles. The number of nitrogens with one attached hydrogen (secondary N) is 1. The molecule has 0 bridgehead atoms. The van der Waals surface area contributed by atoms with Crippen molar-refractivity contribution >= 4 is 15.9 Å². The van der Waals surface area contributed by atoms with Crippen LogP contribution in [0.15, 0.2) is 21.4 Å². The fourth-order valence-corrected chi connectivity index (χ4v) is 2.35. The predicted octanol–water partition coefficient (Wildman–Crippen LogP) is 1.85. The monoisotopic (exact) mass is 302 g/mol. The third-order valence-corrected chi connectivity index (χ3v) is 3.67. The van der Waals surface area contributed by atoms with Crippen LogP contribution in [-0.2, 0) is 11.3 Å². The van der Waals surface area contributed by atoms with Crippen LogP contribution >= 0.6 is 15.9 Å². The van der Waals surface area contributed by atoms with Crippen LogP contribution in [0, 0.1) is 0 Å². The van der Waals surface area contributed by atoms with E-state index < -0.39 is 0 Å². The minimum Gasteiger partial charge on any atom is -0.457 e. The van der Waals surface area contributed by atoms with Crippen LogP contribution in [-0.4, -0.2) is 43.8 Å². The maximum absolute atomic E-state index is 5.34. The highest BCUT2D eigenvalue weighted by molar-refractivity contribution is 9.10. The first-order chi connectivity index (χ1) is 8.25. The maximum atomic E-state index is 5.34. The third-order valence-electron chi connectivity index (χ3n) is 2.97. The number of nitrogens with zero attached hydrogens (tertiary/aromatic N) is 1. The molecular weight excluding hydrogens is 284 g/mol. The number of morpholine rings is 1. The molecule has 2 heterocycles. The Morgan fingerprint density at radius 2 is 2.24 bits per heavy atom. The molecule has 1 saturated heterocycles. The minimum atomic E-state index is 0.467. The highest BCUT2D eigenvalue weighted by Crippen LogP contribution is 2.17. The Hall–Kier alpha value is -0.360. The first kappa shape index (κ1) is 13.1. The van der Waals surface area contributed by atoms with E-state index in [1.54, 1.807) is 6.26 Å². The van der Waals surface area contributed by atoms with Crippen LogP contribution in [0.2, 0.25) is 0 Å². The van der Waals surface area contributed by atoms with Gasteiger partial charge >= 0.3 is 0 Å². The molecule has 5 heteroatoms. The molecular formula is C12H19BrN2O2. The van der Waals surface area contributed by atoms with Gasteiger partial charge in [-0.3, -0.25) is 4.90 Å². The van der Waals surface area contributed by atoms with Gasteiger partial charge in [0, 0.05) is 37.8 Å². The van der Waals surface area contributed by atoms with Crippen molar-refractivity contribution < 1.29 is 9.15 Å². The highest BCUT2D eigenvalue weighted by atomic mass is 79.9. The van der Waals surface area contributed by atoms with Gasteiger partial charge in [-0.2, -0.15) is 0 Å². The second kappa shape index (κ2) is 6.54. The Morgan fingerprint density at radius 1 is 1.47 bits per heavy atom. The van der Waals surface area contributed by atoms with Gasteiger partial charge in [0.25, 0.3) is 0 Å². The standard InChI is InChI=1S/C12H19BrN2O2/c1-10(9-15-3-6-16-7-4-15)14-8-11-2-5-17-12(11)13/h2,5,10,14H,3-4,6-9H2,1H3. The van der Waals surface area contributed by atoms with Gasteiger partial charge in [-0.25, -0.2) is 0 Å². The molecule has 1 aromatic heterocycles. The Morgan fingerprint density at radius 3 is 2.88 bits per heavy atom. The molecule has 0 radical (unpaired) electrons. The van der Waals surface area contributed by atoms with Gasteiger partial charge in [0.2, 0.25) is 0 Å². The van der Waals surface area contributed by atoms with Crippen molar-refractivity contribution in [2.75, 3.05) is 32.8 Å². The molecule has 1 unspecified atom stereocenters. The molecule has 0 amide bonds. The quantitative estimate of drug-likeness (QED) is 0.901. The smallest absolute Gasteiger partial charge is 0.173 e. The van der Waals surface area contributed by atoms with Crippen molar-refractivity contribution in [2.45, 2.75) is 19.5 Å². The second-order valence-corrected chi connectivity index (χ2v) is 5.13. The molecule has 0 saturated carbocycles. The Bertz CT molecular complexity index is 337. The summed E-state index contributed by atoms with van der Waals surface area (Å²) in [7, 11) is 0. The van der Waals surface area contributed by atoms with Crippen molar-refractivity contribution in [1.29, 1.82) is 0 Å². The minimum absolute atomic E-state index is 0.467. The fraction of sp³-hybridized carbons (Fsp3) is 0.667. The molecule has 1 N–H and O–H groups in total. The summed E-state index contributed by atoms with van der Waals surface area (Å²) in [5.41, 5.74) is 1.17. The van der Waals surface area contributed by atoms with E-state index >= 15 is 0 Å². The molecule has 2 rings (SSSR count). The van der Waals surface area contributed by atoms with Gasteiger partial charge in [-0.1, -0.05) is 0 Å². The van der Waals surface area contributed by atoms with Gasteiger partial charge < -0.3 is 14.5 Å². The molecule has 0 aromatic carbocycles. The largest absolute Gasteiger partial charge is 0.457 e. The van der Waals surface area contributed by atoms with Crippen molar-refractivity contribution in [3.8, 4) is 0 Å². The van der Waals surface area contributed by atoms with E-state index in [1.807, 2.05) is 6.07 Å². The normalized spacial score (nSPS) is 19.4. The van der Waals surface area contributed by atoms with Crippen molar-refractivity contribution in [2.24, 2.45) is 0 Å². The van der Waals surface area contributed by atoms with Gasteiger partial charge in [-0.15, -0.1) is 0 Å². The summed E-state index contributed by atoms with van der Waals surface area (Å²) in [5.74, 6) is 0. The zero-order chi connectivity index (χ0) is 12.1. The molecule has 1 aliphatic rings. The average Bonchev–Trinajstić information content (AvgIpc) is 2.74. The lowest BCUT2D eigenvalue weighted by molar-refractivity contribution is 0.0343. The molecule has 0 spiro atoms. The van der Waals surface area contributed by atoms with Crippen molar-refractivity contribution in [1.82, 2.24) is 10.2 Å². The summed E-state index contributed by atoms with van der Waals surface area (Å²) < 4.78 is 11.4. The Labute approximate surface area is 110 Å². The van der Waals surface area contributed by atoms with Gasteiger partial charge in [0.15, 0.2) is 4.67 Å². The summed E-state index contributed by atoms with van der Waals surface area (Å²) in [6, 6.07) is 2.45. The second-order valence-electron chi connectivity index (χ2n) is 4.41. The van der Waals surface area contributed by atoms with E-state index in [1.165, 1.54) is 5.56 Å². The van der Waals surface area contributed by atoms with E-state index in [0.717, 1.165) is 44.1 Å². The van der Waals surface area contributed by atoms with Gasteiger partial charge in [0.05, 0.1) is 19.5 Å². The van der Waals surface area contributed by atoms with Crippen LogP contribution in [0.1, 0.15) is 12.5 Å².